The molecule has 2 bridgehead atoms. The van der Waals surface area contributed by atoms with E-state index in [2.05, 4.69) is 4.90 Å². The highest BCUT2D eigenvalue weighted by molar-refractivity contribution is 6.37. The van der Waals surface area contributed by atoms with Crippen LogP contribution in [0.15, 0.2) is 30.5 Å². The van der Waals surface area contributed by atoms with E-state index in [1.54, 1.807) is 4.90 Å². The largest absolute Gasteiger partial charge is 0.485 e. The van der Waals surface area contributed by atoms with Crippen LogP contribution in [-0.2, 0) is 14.3 Å². The van der Waals surface area contributed by atoms with Crippen molar-refractivity contribution in [2.24, 2.45) is 5.92 Å². The van der Waals surface area contributed by atoms with Crippen LogP contribution in [-0.4, -0.2) is 65.9 Å². The maximum Gasteiger partial charge on any atom is 0.410 e. The average Bonchev–Trinajstić information content (AvgIpc) is 3.48. The van der Waals surface area contributed by atoms with Gasteiger partial charge in [0.15, 0.2) is 5.75 Å². The molecule has 216 valence electrons. The summed E-state index contributed by atoms with van der Waals surface area (Å²) in [5.41, 5.74) is 1.36. The number of halogens is 2. The van der Waals surface area contributed by atoms with E-state index in [9.17, 15) is 9.59 Å². The molecule has 0 radical (unpaired) electrons. The van der Waals surface area contributed by atoms with Gasteiger partial charge in [-0.1, -0.05) is 29.3 Å². The van der Waals surface area contributed by atoms with Crippen LogP contribution in [0.5, 0.6) is 5.75 Å². The van der Waals surface area contributed by atoms with Crippen molar-refractivity contribution in [3.8, 4) is 5.75 Å². The average molecular weight is 591 g/mol. The Kier molecular flexibility index (Phi) is 8.13. The predicted molar refractivity (Wildman–Crippen MR) is 154 cm³/mol. The first-order valence-corrected chi connectivity index (χ1v) is 14.6. The van der Waals surface area contributed by atoms with Gasteiger partial charge in [0.1, 0.15) is 17.5 Å². The summed E-state index contributed by atoms with van der Waals surface area (Å²) in [5, 5.41) is 1.02. The molecule has 8 nitrogen and oxygen atoms in total. The zero-order valence-corrected chi connectivity index (χ0v) is 25.2. The lowest BCUT2D eigenvalue weighted by Crippen LogP contribution is -2.54. The summed E-state index contributed by atoms with van der Waals surface area (Å²) >= 11 is 12.8. The normalized spacial score (nSPS) is 26.1. The Labute approximate surface area is 245 Å². The number of carbonyl (C=O) groups is 2. The van der Waals surface area contributed by atoms with E-state index in [0.717, 1.165) is 42.8 Å². The van der Waals surface area contributed by atoms with E-state index < -0.39 is 11.5 Å². The van der Waals surface area contributed by atoms with Gasteiger partial charge in [0, 0.05) is 37.2 Å². The molecule has 3 aliphatic heterocycles. The molecule has 1 aromatic heterocycles. The number of rotatable bonds is 5. The summed E-state index contributed by atoms with van der Waals surface area (Å²) in [6, 6.07) is 7.50. The summed E-state index contributed by atoms with van der Waals surface area (Å²) in [5.74, 6) is 0.495. The molecule has 3 saturated heterocycles. The lowest BCUT2D eigenvalue weighted by molar-refractivity contribution is -0.150. The molecule has 4 heterocycles. The minimum Gasteiger partial charge on any atom is -0.485 e. The maximum absolute atomic E-state index is 13.1. The first-order chi connectivity index (χ1) is 18.9. The standard InChI is InChI=1S/C30H37Cl2N3O5/c1-17-12-22(31)27(23(32)13-17)39-20-10-11-34(16-20)25-9-6-18(15-33-25)21-14-19-7-8-24(26(21)28(36)38-5)35(19)29(37)40-30(2,3)4/h6,9,12-13,15,19-21,24,26H,7-8,10-11,14,16H2,1-5H3/t19-,20+,21+,24+,26+/m0/s1. The van der Waals surface area contributed by atoms with Crippen molar-refractivity contribution in [2.75, 3.05) is 25.1 Å². The summed E-state index contributed by atoms with van der Waals surface area (Å²) < 4.78 is 17.1. The van der Waals surface area contributed by atoms with Crippen LogP contribution in [0.1, 0.15) is 63.5 Å². The highest BCUT2D eigenvalue weighted by Crippen LogP contribution is 2.48. The molecule has 0 spiro atoms. The Morgan fingerprint density at radius 2 is 1.80 bits per heavy atom. The topological polar surface area (TPSA) is 81.2 Å². The second-order valence-electron chi connectivity index (χ2n) is 12.1. The van der Waals surface area contributed by atoms with Crippen LogP contribution < -0.4 is 9.64 Å². The van der Waals surface area contributed by atoms with Crippen molar-refractivity contribution < 1.29 is 23.8 Å². The number of amides is 1. The smallest absolute Gasteiger partial charge is 0.410 e. The van der Waals surface area contributed by atoms with Crippen molar-refractivity contribution in [1.29, 1.82) is 0 Å². The summed E-state index contributed by atoms with van der Waals surface area (Å²) in [6.45, 7) is 8.96. The number of methoxy groups -OCH3 is 1. The summed E-state index contributed by atoms with van der Waals surface area (Å²) in [4.78, 5) is 34.9. The van der Waals surface area contributed by atoms with Gasteiger partial charge in [-0.2, -0.15) is 0 Å². The lowest BCUT2D eigenvalue weighted by Gasteiger charge is -2.43. The van der Waals surface area contributed by atoms with Gasteiger partial charge in [0.25, 0.3) is 0 Å². The zero-order valence-electron chi connectivity index (χ0n) is 23.7. The highest BCUT2D eigenvalue weighted by Gasteiger charge is 2.53. The third-order valence-electron chi connectivity index (χ3n) is 8.09. The van der Waals surface area contributed by atoms with Crippen molar-refractivity contribution in [3.63, 3.8) is 0 Å². The highest BCUT2D eigenvalue weighted by atomic mass is 35.5. The molecular formula is C30H37Cl2N3O5. The number of aryl methyl sites for hydroxylation is 1. The van der Waals surface area contributed by atoms with E-state index in [1.165, 1.54) is 7.11 Å². The Bertz CT molecular complexity index is 1240. The van der Waals surface area contributed by atoms with Gasteiger partial charge < -0.3 is 24.0 Å². The first-order valence-electron chi connectivity index (χ1n) is 13.9. The SMILES string of the molecule is COC(=O)[C@@H]1[C@@H](c2ccc(N3CC[C@@H](Oc4c(Cl)cc(C)cc4Cl)C3)nc2)C[C@@H]2CC[C@H]1N2C(=O)OC(C)(C)C. The molecule has 1 amide bonds. The fourth-order valence-corrected chi connectivity index (χ4v) is 7.09. The van der Waals surface area contributed by atoms with Gasteiger partial charge in [-0.15, -0.1) is 0 Å². The molecule has 0 N–H and O–H groups in total. The van der Waals surface area contributed by atoms with E-state index in [1.807, 2.05) is 58.2 Å². The molecule has 10 heteroatoms. The zero-order chi connectivity index (χ0) is 28.8. The molecule has 0 unspecified atom stereocenters. The van der Waals surface area contributed by atoms with Gasteiger partial charge >= 0.3 is 12.1 Å². The van der Waals surface area contributed by atoms with Gasteiger partial charge in [-0.05, 0) is 76.3 Å². The van der Waals surface area contributed by atoms with Crippen LogP contribution in [0.25, 0.3) is 0 Å². The van der Waals surface area contributed by atoms with Gasteiger partial charge in [-0.3, -0.25) is 4.79 Å². The fourth-order valence-electron chi connectivity index (χ4n) is 6.41. The summed E-state index contributed by atoms with van der Waals surface area (Å²) in [7, 11) is 1.41. The predicted octanol–water partition coefficient (Wildman–Crippen LogP) is 6.40. The Morgan fingerprint density at radius 1 is 1.07 bits per heavy atom. The number of ether oxygens (including phenoxy) is 3. The molecule has 5 atom stereocenters. The molecule has 0 aliphatic carbocycles. The quantitative estimate of drug-likeness (QED) is 0.373. The van der Waals surface area contributed by atoms with Crippen LogP contribution in [0.3, 0.4) is 0 Å². The Morgan fingerprint density at radius 3 is 2.42 bits per heavy atom. The van der Waals surface area contributed by atoms with Crippen molar-refractivity contribution in [1.82, 2.24) is 9.88 Å². The number of piperidine rings is 1. The van der Waals surface area contributed by atoms with Crippen molar-refractivity contribution >= 4 is 41.1 Å². The maximum atomic E-state index is 13.1. The number of fused-ring (bicyclic) bond motifs is 2. The van der Waals surface area contributed by atoms with E-state index in [4.69, 9.17) is 42.4 Å². The number of benzene rings is 1. The van der Waals surface area contributed by atoms with Gasteiger partial charge in [0.2, 0.25) is 0 Å². The Balaban J connectivity index is 1.29. The second-order valence-corrected chi connectivity index (χ2v) is 12.9. The molecule has 1 aromatic carbocycles. The molecule has 0 saturated carbocycles. The number of anilines is 1. The minimum absolute atomic E-state index is 0.0161. The molecule has 40 heavy (non-hydrogen) atoms. The number of hydrogen-bond acceptors (Lipinski definition) is 7. The van der Waals surface area contributed by atoms with E-state index in [0.29, 0.717) is 28.8 Å². The number of esters is 1. The monoisotopic (exact) mass is 589 g/mol. The number of pyridine rings is 1. The third-order valence-corrected chi connectivity index (χ3v) is 8.65. The molecule has 3 fully saturated rings. The number of nitrogens with zero attached hydrogens (tertiary/aromatic N) is 3. The summed E-state index contributed by atoms with van der Waals surface area (Å²) in [6.07, 6.45) is 4.50. The van der Waals surface area contributed by atoms with E-state index in [-0.39, 0.29) is 36.2 Å². The van der Waals surface area contributed by atoms with Crippen molar-refractivity contribution in [2.45, 2.75) is 83.1 Å². The lowest BCUT2D eigenvalue weighted by atomic mass is 9.76. The van der Waals surface area contributed by atoms with E-state index >= 15 is 0 Å². The number of hydrogen-bond donors (Lipinski definition) is 0. The molecule has 5 rings (SSSR count). The first kappa shape index (κ1) is 28.8. The minimum atomic E-state index is -0.605. The number of aromatic nitrogens is 1. The van der Waals surface area contributed by atoms with Crippen LogP contribution in [0.2, 0.25) is 10.0 Å². The van der Waals surface area contributed by atoms with Gasteiger partial charge in [0.05, 0.1) is 29.6 Å². The van der Waals surface area contributed by atoms with Crippen LogP contribution >= 0.6 is 23.2 Å². The third kappa shape index (κ3) is 5.84. The fraction of sp³-hybridized carbons (Fsp3) is 0.567. The molecular weight excluding hydrogens is 553 g/mol. The van der Waals surface area contributed by atoms with Gasteiger partial charge in [-0.25, -0.2) is 9.78 Å². The van der Waals surface area contributed by atoms with Crippen LogP contribution in [0, 0.1) is 12.8 Å². The molecule has 2 aromatic rings. The van der Waals surface area contributed by atoms with Crippen LogP contribution in [0.4, 0.5) is 10.6 Å². The second kappa shape index (κ2) is 11.3. The number of carbonyl (C=O) groups excluding carboxylic acids is 2. The van der Waals surface area contributed by atoms with Crippen molar-refractivity contribution in [3.05, 3.63) is 51.6 Å². The Hall–Kier alpha value is -2.71. The molecule has 3 aliphatic rings.